The number of hydrogen-bond donors (Lipinski definition) is 1. The van der Waals surface area contributed by atoms with Crippen molar-refractivity contribution in [3.63, 3.8) is 0 Å². The van der Waals surface area contributed by atoms with E-state index in [2.05, 4.69) is 18.7 Å². The van der Waals surface area contributed by atoms with Crippen LogP contribution in [0.4, 0.5) is 0 Å². The molecule has 1 heterocycles. The monoisotopic (exact) mass is 311 g/mol. The van der Waals surface area contributed by atoms with Gasteiger partial charge in [-0.3, -0.25) is 4.90 Å². The lowest BCUT2D eigenvalue weighted by atomic mass is 10.1. The van der Waals surface area contributed by atoms with Crippen LogP contribution in [0.15, 0.2) is 29.2 Å². The molecule has 1 aliphatic rings. The first-order chi connectivity index (χ1) is 9.73. The molecule has 118 valence electrons. The molecule has 0 saturated carbocycles. The topological polar surface area (TPSA) is 66.6 Å². The average molecular weight is 311 g/mol. The van der Waals surface area contributed by atoms with Gasteiger partial charge in [0.25, 0.3) is 0 Å². The predicted molar refractivity (Wildman–Crippen MR) is 84.5 cm³/mol. The Morgan fingerprint density at radius 1 is 1.24 bits per heavy atom. The summed E-state index contributed by atoms with van der Waals surface area (Å²) in [4.78, 5) is 2.55. The van der Waals surface area contributed by atoms with Gasteiger partial charge in [-0.25, -0.2) is 8.42 Å². The number of hydrogen-bond acceptors (Lipinski definition) is 4. The molecule has 0 radical (unpaired) electrons. The molecule has 1 aliphatic heterocycles. The minimum Gasteiger partial charge on any atom is -0.324 e. The summed E-state index contributed by atoms with van der Waals surface area (Å²) >= 11 is 0. The molecule has 0 aromatic heterocycles. The number of nitrogens with zero attached hydrogens (tertiary/aromatic N) is 2. The van der Waals surface area contributed by atoms with Crippen molar-refractivity contribution in [2.75, 3.05) is 20.1 Å². The lowest BCUT2D eigenvalue weighted by Crippen LogP contribution is -2.56. The molecule has 3 atom stereocenters. The molecule has 1 aromatic rings. The first-order valence-corrected chi connectivity index (χ1v) is 8.75. The first kappa shape index (κ1) is 16.4. The van der Waals surface area contributed by atoms with Crippen molar-refractivity contribution in [2.24, 2.45) is 5.73 Å². The second kappa shape index (κ2) is 6.04. The van der Waals surface area contributed by atoms with Crippen LogP contribution in [0.2, 0.25) is 0 Å². The Morgan fingerprint density at radius 3 is 2.33 bits per heavy atom. The van der Waals surface area contributed by atoms with Crippen molar-refractivity contribution >= 4 is 10.0 Å². The van der Waals surface area contributed by atoms with Crippen molar-refractivity contribution in [3.8, 4) is 0 Å². The highest BCUT2D eigenvalue weighted by Crippen LogP contribution is 2.23. The fraction of sp³-hybridized carbons (Fsp3) is 0.600. The molecule has 2 N–H and O–H groups in total. The van der Waals surface area contributed by atoms with Gasteiger partial charge in [-0.15, -0.1) is 0 Å². The Bertz CT molecular complexity index is 589. The molecule has 21 heavy (non-hydrogen) atoms. The fourth-order valence-corrected chi connectivity index (χ4v) is 4.32. The fourth-order valence-electron chi connectivity index (χ4n) is 2.66. The Kier molecular flexibility index (Phi) is 4.72. The highest BCUT2D eigenvalue weighted by Gasteiger charge is 2.34. The van der Waals surface area contributed by atoms with E-state index in [1.54, 1.807) is 22.5 Å². The van der Waals surface area contributed by atoms with Gasteiger partial charge in [0.1, 0.15) is 0 Å². The van der Waals surface area contributed by atoms with Crippen molar-refractivity contribution in [3.05, 3.63) is 29.8 Å². The van der Waals surface area contributed by atoms with Crippen LogP contribution in [-0.4, -0.2) is 49.8 Å². The van der Waals surface area contributed by atoms with Crippen molar-refractivity contribution in [2.45, 2.75) is 43.8 Å². The third-order valence-electron chi connectivity index (χ3n) is 4.35. The first-order valence-electron chi connectivity index (χ1n) is 7.31. The number of rotatable bonds is 3. The van der Waals surface area contributed by atoms with Gasteiger partial charge < -0.3 is 5.73 Å². The summed E-state index contributed by atoms with van der Waals surface area (Å²) in [5, 5.41) is 0. The zero-order valence-electron chi connectivity index (χ0n) is 13.2. The van der Waals surface area contributed by atoms with Crippen LogP contribution in [0.5, 0.6) is 0 Å². The number of nitrogens with two attached hydrogens (primary N) is 1. The Hall–Kier alpha value is -0.950. The lowest BCUT2D eigenvalue weighted by Gasteiger charge is -2.41. The van der Waals surface area contributed by atoms with E-state index in [1.807, 2.05) is 20.0 Å². The molecule has 5 nitrogen and oxygen atoms in total. The van der Waals surface area contributed by atoms with Crippen LogP contribution in [0.1, 0.15) is 32.4 Å². The summed E-state index contributed by atoms with van der Waals surface area (Å²) < 4.78 is 27.2. The number of benzene rings is 1. The minimum atomic E-state index is -3.46. The van der Waals surface area contributed by atoms with Gasteiger partial charge in [0, 0.05) is 31.2 Å². The molecule has 1 fully saturated rings. The van der Waals surface area contributed by atoms with E-state index >= 15 is 0 Å². The zero-order chi connectivity index (χ0) is 15.8. The quantitative estimate of drug-likeness (QED) is 0.917. The van der Waals surface area contributed by atoms with Gasteiger partial charge in [0.15, 0.2) is 0 Å². The van der Waals surface area contributed by atoms with Gasteiger partial charge in [-0.2, -0.15) is 4.31 Å². The summed E-state index contributed by atoms with van der Waals surface area (Å²) in [6.45, 7) is 7.00. The third-order valence-corrected chi connectivity index (χ3v) is 6.18. The zero-order valence-corrected chi connectivity index (χ0v) is 14.0. The van der Waals surface area contributed by atoms with Crippen LogP contribution in [0, 0.1) is 0 Å². The predicted octanol–water partition coefficient (Wildman–Crippen LogP) is 1.42. The van der Waals surface area contributed by atoms with Gasteiger partial charge in [0.05, 0.1) is 4.90 Å². The molecular formula is C15H25N3O2S. The molecule has 0 spiro atoms. The maximum atomic E-state index is 12.8. The minimum absolute atomic E-state index is 0.175. The smallest absolute Gasteiger partial charge is 0.243 e. The standard InChI is InChI=1S/C15H25N3O2S/c1-11-9-18(10-12(2)17(11)4)21(19,20)15-7-5-6-14(8-15)13(3)16/h5-8,11-13H,9-10,16H2,1-4H3. The summed E-state index contributed by atoms with van der Waals surface area (Å²) in [7, 11) is -1.42. The summed E-state index contributed by atoms with van der Waals surface area (Å²) in [6, 6.07) is 7.20. The van der Waals surface area contributed by atoms with Crippen molar-refractivity contribution in [1.29, 1.82) is 0 Å². The maximum Gasteiger partial charge on any atom is 0.243 e. The van der Waals surface area contributed by atoms with Crippen molar-refractivity contribution in [1.82, 2.24) is 9.21 Å². The highest BCUT2D eigenvalue weighted by molar-refractivity contribution is 7.89. The Balaban J connectivity index is 2.32. The number of likely N-dealkylation sites (N-methyl/N-ethyl adjacent to an activating group) is 1. The summed E-state index contributed by atoms with van der Waals surface area (Å²) in [5.74, 6) is 0. The van der Waals surface area contributed by atoms with Crippen LogP contribution < -0.4 is 5.73 Å². The molecule has 0 bridgehead atoms. The second-order valence-electron chi connectivity index (χ2n) is 6.05. The maximum absolute atomic E-state index is 12.8. The Morgan fingerprint density at radius 2 is 1.81 bits per heavy atom. The summed E-state index contributed by atoms with van der Waals surface area (Å²) in [6.07, 6.45) is 0. The average Bonchev–Trinajstić information content (AvgIpc) is 2.44. The Labute approximate surface area is 127 Å². The lowest BCUT2D eigenvalue weighted by molar-refractivity contribution is 0.105. The van der Waals surface area contributed by atoms with Crippen LogP contribution in [0.25, 0.3) is 0 Å². The molecule has 6 heteroatoms. The van der Waals surface area contributed by atoms with Crippen molar-refractivity contribution < 1.29 is 8.42 Å². The second-order valence-corrected chi connectivity index (χ2v) is 7.98. The molecule has 1 aromatic carbocycles. The van der Waals surface area contributed by atoms with Crippen LogP contribution >= 0.6 is 0 Å². The van der Waals surface area contributed by atoms with Gasteiger partial charge >= 0.3 is 0 Å². The van der Waals surface area contributed by atoms with E-state index in [1.165, 1.54) is 0 Å². The largest absolute Gasteiger partial charge is 0.324 e. The van der Waals surface area contributed by atoms with E-state index in [0.717, 1.165) is 5.56 Å². The number of piperazine rings is 1. The molecule has 2 rings (SSSR count). The van der Waals surface area contributed by atoms with Crippen LogP contribution in [-0.2, 0) is 10.0 Å². The van der Waals surface area contributed by atoms with Crippen LogP contribution in [0.3, 0.4) is 0 Å². The van der Waals surface area contributed by atoms with E-state index < -0.39 is 10.0 Å². The molecule has 0 amide bonds. The SMILES string of the molecule is CC(N)c1cccc(S(=O)(=O)N2CC(C)N(C)C(C)C2)c1. The van der Waals surface area contributed by atoms with Gasteiger partial charge in [0.2, 0.25) is 10.0 Å². The van der Waals surface area contributed by atoms with E-state index in [0.29, 0.717) is 18.0 Å². The normalized spacial score (nSPS) is 26.7. The van der Waals surface area contributed by atoms with E-state index in [4.69, 9.17) is 5.73 Å². The van der Waals surface area contributed by atoms with Gasteiger partial charge in [-0.05, 0) is 45.5 Å². The molecule has 3 unspecified atom stereocenters. The van der Waals surface area contributed by atoms with E-state index in [9.17, 15) is 8.42 Å². The summed E-state index contributed by atoms with van der Waals surface area (Å²) in [5.41, 5.74) is 6.69. The van der Waals surface area contributed by atoms with E-state index in [-0.39, 0.29) is 18.1 Å². The molecule has 1 saturated heterocycles. The third kappa shape index (κ3) is 3.29. The highest BCUT2D eigenvalue weighted by atomic mass is 32.2. The molecule has 0 aliphatic carbocycles. The van der Waals surface area contributed by atoms with Gasteiger partial charge in [-0.1, -0.05) is 12.1 Å². The number of sulfonamides is 1. The molecular weight excluding hydrogens is 286 g/mol.